The van der Waals surface area contributed by atoms with E-state index in [1.807, 2.05) is 71.7 Å². The predicted octanol–water partition coefficient (Wildman–Crippen LogP) is 4.05. The second-order valence-corrected chi connectivity index (χ2v) is 6.29. The van der Waals surface area contributed by atoms with Crippen molar-refractivity contribution in [2.24, 2.45) is 4.99 Å². The number of hydrogen-bond acceptors (Lipinski definition) is 2. The zero-order chi connectivity index (χ0) is 18.2. The predicted molar refractivity (Wildman–Crippen MR) is 122 cm³/mol. The van der Waals surface area contributed by atoms with Crippen molar-refractivity contribution in [2.75, 3.05) is 13.6 Å². The number of aliphatic imine (C=N–C) groups is 1. The van der Waals surface area contributed by atoms with Gasteiger partial charge >= 0.3 is 0 Å². The molecule has 27 heavy (non-hydrogen) atoms. The normalized spacial score (nSPS) is 11.0. The lowest BCUT2D eigenvalue weighted by Gasteiger charge is -2.11. The summed E-state index contributed by atoms with van der Waals surface area (Å²) >= 11 is 5.91. The highest BCUT2D eigenvalue weighted by atomic mass is 127. The molecule has 3 aromatic rings. The third-order valence-corrected chi connectivity index (χ3v) is 4.21. The smallest absolute Gasteiger partial charge is 0.191 e. The van der Waals surface area contributed by atoms with E-state index >= 15 is 0 Å². The average molecular weight is 496 g/mol. The van der Waals surface area contributed by atoms with Crippen LogP contribution in [0.1, 0.15) is 11.1 Å². The third-order valence-electron chi connectivity index (χ3n) is 3.96. The molecule has 0 radical (unpaired) electrons. The second kappa shape index (κ2) is 10.9. The molecule has 0 spiro atoms. The lowest BCUT2D eigenvalue weighted by molar-refractivity contribution is 0.794. The van der Waals surface area contributed by atoms with Crippen LogP contribution in [0.15, 0.2) is 72.0 Å². The minimum atomic E-state index is 0. The van der Waals surface area contributed by atoms with E-state index in [2.05, 4.69) is 20.7 Å². The van der Waals surface area contributed by atoms with Gasteiger partial charge in [-0.15, -0.1) is 24.0 Å². The fraction of sp³-hybridized carbons (Fsp3) is 0.200. The first kappa shape index (κ1) is 21.2. The van der Waals surface area contributed by atoms with Crippen molar-refractivity contribution in [1.29, 1.82) is 0 Å². The summed E-state index contributed by atoms with van der Waals surface area (Å²) in [5.74, 6) is 0.770. The number of benzene rings is 2. The summed E-state index contributed by atoms with van der Waals surface area (Å²) < 4.78 is 1.87. The SMILES string of the molecule is CN=C(NCCc1ccc(Cl)cc1)NCc1cnn(-c2ccccc2)c1.I. The molecule has 5 nitrogen and oxygen atoms in total. The van der Waals surface area contributed by atoms with Gasteiger partial charge in [0.05, 0.1) is 11.9 Å². The van der Waals surface area contributed by atoms with Crippen LogP contribution in [-0.2, 0) is 13.0 Å². The monoisotopic (exact) mass is 495 g/mol. The molecule has 0 aliphatic heterocycles. The third kappa shape index (κ3) is 6.55. The van der Waals surface area contributed by atoms with E-state index in [-0.39, 0.29) is 24.0 Å². The minimum Gasteiger partial charge on any atom is -0.356 e. The molecule has 1 heterocycles. The molecule has 0 saturated heterocycles. The molecule has 0 atom stereocenters. The van der Waals surface area contributed by atoms with Gasteiger partial charge in [-0.1, -0.05) is 41.9 Å². The fourth-order valence-electron chi connectivity index (χ4n) is 2.56. The largest absolute Gasteiger partial charge is 0.356 e. The highest BCUT2D eigenvalue weighted by molar-refractivity contribution is 14.0. The Balaban J connectivity index is 0.00000261. The molecular formula is C20H23ClIN5. The van der Waals surface area contributed by atoms with Crippen LogP contribution in [0.3, 0.4) is 0 Å². The average Bonchev–Trinajstić information content (AvgIpc) is 3.16. The van der Waals surface area contributed by atoms with Crippen molar-refractivity contribution in [3.63, 3.8) is 0 Å². The summed E-state index contributed by atoms with van der Waals surface area (Å²) in [6.07, 6.45) is 4.79. The molecule has 7 heteroatoms. The van der Waals surface area contributed by atoms with Gasteiger partial charge < -0.3 is 10.6 Å². The number of para-hydroxylation sites is 1. The number of hydrogen-bond donors (Lipinski definition) is 2. The van der Waals surface area contributed by atoms with E-state index in [4.69, 9.17) is 11.6 Å². The van der Waals surface area contributed by atoms with Crippen LogP contribution in [-0.4, -0.2) is 29.3 Å². The van der Waals surface area contributed by atoms with Crippen LogP contribution in [0, 0.1) is 0 Å². The molecular weight excluding hydrogens is 473 g/mol. The number of halogens is 2. The van der Waals surface area contributed by atoms with Crippen molar-refractivity contribution in [2.45, 2.75) is 13.0 Å². The van der Waals surface area contributed by atoms with Gasteiger partial charge in [-0.25, -0.2) is 4.68 Å². The van der Waals surface area contributed by atoms with Gasteiger partial charge in [-0.05, 0) is 36.2 Å². The zero-order valence-corrected chi connectivity index (χ0v) is 18.2. The Labute approximate surface area is 181 Å². The second-order valence-electron chi connectivity index (χ2n) is 5.86. The Morgan fingerprint density at radius 3 is 2.48 bits per heavy atom. The quantitative estimate of drug-likeness (QED) is 0.308. The van der Waals surface area contributed by atoms with E-state index in [0.29, 0.717) is 6.54 Å². The topological polar surface area (TPSA) is 54.2 Å². The summed E-state index contributed by atoms with van der Waals surface area (Å²) in [6, 6.07) is 18.0. The Kier molecular flexibility index (Phi) is 8.60. The fourth-order valence-corrected chi connectivity index (χ4v) is 2.68. The lowest BCUT2D eigenvalue weighted by atomic mass is 10.1. The van der Waals surface area contributed by atoms with E-state index in [0.717, 1.165) is 35.2 Å². The molecule has 0 bridgehead atoms. The molecule has 0 amide bonds. The van der Waals surface area contributed by atoms with Gasteiger partial charge in [0, 0.05) is 36.9 Å². The standard InChI is InChI=1S/C20H22ClN5.HI/c1-22-20(23-12-11-16-7-9-18(21)10-8-16)24-13-17-14-25-26(15-17)19-5-3-2-4-6-19;/h2-10,14-15H,11-13H2,1H3,(H2,22,23,24);1H. The summed E-state index contributed by atoms with van der Waals surface area (Å²) in [4.78, 5) is 4.26. The van der Waals surface area contributed by atoms with Crippen molar-refractivity contribution >= 4 is 41.5 Å². The van der Waals surface area contributed by atoms with E-state index < -0.39 is 0 Å². The highest BCUT2D eigenvalue weighted by Crippen LogP contribution is 2.09. The van der Waals surface area contributed by atoms with Crippen LogP contribution in [0.5, 0.6) is 0 Å². The number of rotatable bonds is 6. The molecule has 0 fully saturated rings. The van der Waals surface area contributed by atoms with E-state index in [9.17, 15) is 0 Å². The van der Waals surface area contributed by atoms with Crippen molar-refractivity contribution < 1.29 is 0 Å². The first-order valence-electron chi connectivity index (χ1n) is 8.52. The molecule has 142 valence electrons. The van der Waals surface area contributed by atoms with E-state index in [1.54, 1.807) is 7.05 Å². The molecule has 2 N–H and O–H groups in total. The lowest BCUT2D eigenvalue weighted by Crippen LogP contribution is -2.37. The maximum Gasteiger partial charge on any atom is 0.191 e. The van der Waals surface area contributed by atoms with Crippen LogP contribution < -0.4 is 10.6 Å². The molecule has 0 saturated carbocycles. The van der Waals surface area contributed by atoms with Gasteiger partial charge in [0.15, 0.2) is 5.96 Å². The summed E-state index contributed by atoms with van der Waals surface area (Å²) in [5, 5.41) is 11.8. The van der Waals surface area contributed by atoms with Gasteiger partial charge in [-0.3, -0.25) is 4.99 Å². The maximum atomic E-state index is 5.91. The van der Waals surface area contributed by atoms with E-state index in [1.165, 1.54) is 5.56 Å². The maximum absolute atomic E-state index is 5.91. The van der Waals surface area contributed by atoms with Crippen LogP contribution in [0.25, 0.3) is 5.69 Å². The minimum absolute atomic E-state index is 0. The number of guanidine groups is 1. The molecule has 0 unspecified atom stereocenters. The van der Waals surface area contributed by atoms with Gasteiger partial charge in [0.25, 0.3) is 0 Å². The summed E-state index contributed by atoms with van der Waals surface area (Å²) in [5.41, 5.74) is 3.38. The Bertz CT molecular complexity index is 846. The van der Waals surface area contributed by atoms with Gasteiger partial charge in [0.1, 0.15) is 0 Å². The number of aromatic nitrogens is 2. The molecule has 2 aromatic carbocycles. The number of nitrogens with one attached hydrogen (secondary N) is 2. The Hall–Kier alpha value is -2.06. The van der Waals surface area contributed by atoms with Crippen LogP contribution in [0.2, 0.25) is 5.02 Å². The first-order valence-corrected chi connectivity index (χ1v) is 8.90. The molecule has 1 aromatic heterocycles. The van der Waals surface area contributed by atoms with Crippen molar-refractivity contribution in [1.82, 2.24) is 20.4 Å². The van der Waals surface area contributed by atoms with Crippen molar-refractivity contribution in [3.05, 3.63) is 83.1 Å². The Morgan fingerprint density at radius 2 is 1.78 bits per heavy atom. The zero-order valence-electron chi connectivity index (χ0n) is 15.1. The summed E-state index contributed by atoms with van der Waals surface area (Å²) in [6.45, 7) is 1.46. The van der Waals surface area contributed by atoms with Gasteiger partial charge in [-0.2, -0.15) is 5.10 Å². The van der Waals surface area contributed by atoms with Crippen LogP contribution >= 0.6 is 35.6 Å². The molecule has 0 aliphatic carbocycles. The number of nitrogens with zero attached hydrogens (tertiary/aromatic N) is 3. The summed E-state index contributed by atoms with van der Waals surface area (Å²) in [7, 11) is 1.77. The van der Waals surface area contributed by atoms with Crippen LogP contribution in [0.4, 0.5) is 0 Å². The molecule has 0 aliphatic rings. The Morgan fingerprint density at radius 1 is 1.04 bits per heavy atom. The van der Waals surface area contributed by atoms with Gasteiger partial charge in [0.2, 0.25) is 0 Å². The van der Waals surface area contributed by atoms with Crippen molar-refractivity contribution in [3.8, 4) is 5.69 Å². The molecule has 3 rings (SSSR count). The first-order chi connectivity index (χ1) is 12.7. The highest BCUT2D eigenvalue weighted by Gasteiger charge is 2.03.